The lowest BCUT2D eigenvalue weighted by molar-refractivity contribution is -0.137. The molecule has 8 heteroatoms. The first-order valence-electron chi connectivity index (χ1n) is 8.85. The summed E-state index contributed by atoms with van der Waals surface area (Å²) in [6, 6.07) is 8.83. The van der Waals surface area contributed by atoms with Crippen LogP contribution in [0.1, 0.15) is 37.6 Å². The molecule has 0 aliphatic heterocycles. The summed E-state index contributed by atoms with van der Waals surface area (Å²) in [5.41, 5.74) is 3.79. The lowest BCUT2D eigenvalue weighted by Crippen LogP contribution is -2.13. The van der Waals surface area contributed by atoms with Gasteiger partial charge in [0.15, 0.2) is 5.13 Å². The van der Waals surface area contributed by atoms with Gasteiger partial charge in [0.25, 0.3) is 5.91 Å². The molecule has 0 radical (unpaired) electrons. The molecular formula is C21H20F3N3OS. The van der Waals surface area contributed by atoms with Crippen molar-refractivity contribution in [2.75, 3.05) is 10.6 Å². The molecule has 0 aliphatic rings. The highest BCUT2D eigenvalue weighted by Gasteiger charge is 2.30. The summed E-state index contributed by atoms with van der Waals surface area (Å²) in [7, 11) is 0. The van der Waals surface area contributed by atoms with Crippen LogP contribution in [0.2, 0.25) is 0 Å². The minimum absolute atomic E-state index is 0.255. The molecule has 1 heterocycles. The Hall–Kier alpha value is -2.87. The summed E-state index contributed by atoms with van der Waals surface area (Å²) in [6.45, 7) is 7.54. The number of thiazole rings is 1. The molecule has 0 atom stereocenters. The number of nitrogens with zero attached hydrogens (tertiary/aromatic N) is 1. The molecule has 0 unspecified atom stereocenters. The molecule has 0 bridgehead atoms. The maximum Gasteiger partial charge on any atom is 0.416 e. The van der Waals surface area contributed by atoms with E-state index in [0.29, 0.717) is 15.7 Å². The van der Waals surface area contributed by atoms with Crippen LogP contribution in [0.15, 0.2) is 36.4 Å². The third-order valence-corrected chi connectivity index (χ3v) is 5.43. The molecule has 0 saturated carbocycles. The summed E-state index contributed by atoms with van der Waals surface area (Å²) in [6.07, 6.45) is -4.43. The summed E-state index contributed by atoms with van der Waals surface area (Å²) < 4.78 is 38.7. The Labute approximate surface area is 170 Å². The standard InChI is InChI=1S/C21H20F3N3OS/c1-11-8-12(2)17(13(3)9-11)27-19(28)18-14(4)25-20(29-18)26-16-7-5-6-15(10-16)21(22,23)24/h5-10H,1-4H3,(H,25,26)(H,27,28). The third kappa shape index (κ3) is 4.76. The van der Waals surface area contributed by atoms with Crippen LogP contribution in [0.25, 0.3) is 0 Å². The SMILES string of the molecule is Cc1cc(C)c(NC(=O)c2sc(Nc3cccc(C(F)(F)F)c3)nc2C)c(C)c1. The zero-order valence-electron chi connectivity index (χ0n) is 16.4. The Kier molecular flexibility index (Phi) is 5.66. The minimum Gasteiger partial charge on any atom is -0.332 e. The molecule has 1 aromatic heterocycles. The van der Waals surface area contributed by atoms with Crippen molar-refractivity contribution in [2.24, 2.45) is 0 Å². The van der Waals surface area contributed by atoms with E-state index in [-0.39, 0.29) is 11.6 Å². The molecule has 3 rings (SSSR count). The molecule has 0 aliphatic carbocycles. The number of alkyl halides is 3. The average molecular weight is 419 g/mol. The molecule has 0 spiro atoms. The fraction of sp³-hybridized carbons (Fsp3) is 0.238. The first-order valence-corrected chi connectivity index (χ1v) is 9.67. The number of halogens is 3. The average Bonchev–Trinajstić information content (AvgIpc) is 2.97. The number of nitrogens with one attached hydrogen (secondary N) is 2. The lowest BCUT2D eigenvalue weighted by atomic mass is 10.1. The van der Waals surface area contributed by atoms with Gasteiger partial charge in [-0.05, 0) is 57.0 Å². The summed E-state index contributed by atoms with van der Waals surface area (Å²) in [5.74, 6) is -0.299. The second-order valence-electron chi connectivity index (χ2n) is 6.86. The highest BCUT2D eigenvalue weighted by molar-refractivity contribution is 7.17. The number of anilines is 3. The number of aromatic nitrogens is 1. The first kappa shape index (κ1) is 20.9. The van der Waals surface area contributed by atoms with Gasteiger partial charge in [-0.15, -0.1) is 0 Å². The smallest absolute Gasteiger partial charge is 0.332 e. The van der Waals surface area contributed by atoms with Gasteiger partial charge >= 0.3 is 6.18 Å². The van der Waals surface area contributed by atoms with Crippen molar-refractivity contribution in [3.8, 4) is 0 Å². The number of amides is 1. The van der Waals surface area contributed by atoms with Gasteiger partial charge in [-0.3, -0.25) is 4.79 Å². The van der Waals surface area contributed by atoms with Crippen LogP contribution in [0.3, 0.4) is 0 Å². The van der Waals surface area contributed by atoms with Gasteiger partial charge in [0.05, 0.1) is 11.3 Å². The molecule has 2 aromatic carbocycles. The van der Waals surface area contributed by atoms with Gasteiger partial charge in [0, 0.05) is 11.4 Å². The molecule has 29 heavy (non-hydrogen) atoms. The summed E-state index contributed by atoms with van der Waals surface area (Å²) in [4.78, 5) is 17.4. The topological polar surface area (TPSA) is 54.0 Å². The Bertz CT molecular complexity index is 1050. The number of hydrogen-bond donors (Lipinski definition) is 2. The van der Waals surface area contributed by atoms with Crippen molar-refractivity contribution >= 4 is 33.8 Å². The molecule has 152 valence electrons. The largest absolute Gasteiger partial charge is 0.416 e. The monoisotopic (exact) mass is 419 g/mol. The van der Waals surface area contributed by atoms with Crippen LogP contribution in [0.4, 0.5) is 29.7 Å². The number of carbonyl (C=O) groups excluding carboxylic acids is 1. The van der Waals surface area contributed by atoms with Crippen molar-refractivity contribution in [3.05, 3.63) is 69.2 Å². The quantitative estimate of drug-likeness (QED) is 0.515. The van der Waals surface area contributed by atoms with Crippen molar-refractivity contribution in [2.45, 2.75) is 33.9 Å². The van der Waals surface area contributed by atoms with E-state index in [0.717, 1.165) is 45.8 Å². The second kappa shape index (κ2) is 7.87. The number of aryl methyl sites for hydroxylation is 4. The number of carbonyl (C=O) groups is 1. The van der Waals surface area contributed by atoms with E-state index in [9.17, 15) is 18.0 Å². The number of benzene rings is 2. The number of hydrogen-bond acceptors (Lipinski definition) is 4. The highest BCUT2D eigenvalue weighted by Crippen LogP contribution is 2.33. The van der Waals surface area contributed by atoms with Crippen molar-refractivity contribution in [1.82, 2.24) is 4.98 Å². The van der Waals surface area contributed by atoms with Crippen LogP contribution in [0, 0.1) is 27.7 Å². The minimum atomic E-state index is -4.43. The second-order valence-corrected chi connectivity index (χ2v) is 7.86. The van der Waals surface area contributed by atoms with E-state index in [1.54, 1.807) is 6.92 Å². The maximum absolute atomic E-state index is 12.9. The molecule has 0 fully saturated rings. The Morgan fingerprint density at radius 2 is 1.69 bits per heavy atom. The van der Waals surface area contributed by atoms with E-state index >= 15 is 0 Å². The van der Waals surface area contributed by atoms with E-state index in [2.05, 4.69) is 15.6 Å². The van der Waals surface area contributed by atoms with Crippen molar-refractivity contribution < 1.29 is 18.0 Å². The van der Waals surface area contributed by atoms with Crippen LogP contribution in [-0.2, 0) is 6.18 Å². The van der Waals surface area contributed by atoms with Gasteiger partial charge < -0.3 is 10.6 Å². The predicted octanol–water partition coefficient (Wildman–Crippen LogP) is 6.39. The van der Waals surface area contributed by atoms with E-state index < -0.39 is 11.7 Å². The van der Waals surface area contributed by atoms with Crippen LogP contribution in [0.5, 0.6) is 0 Å². The molecule has 4 nitrogen and oxygen atoms in total. The summed E-state index contributed by atoms with van der Waals surface area (Å²) in [5, 5.41) is 6.13. The van der Waals surface area contributed by atoms with Crippen LogP contribution < -0.4 is 10.6 Å². The maximum atomic E-state index is 12.9. The van der Waals surface area contributed by atoms with Gasteiger partial charge in [-0.1, -0.05) is 35.1 Å². The van der Waals surface area contributed by atoms with E-state index in [1.807, 2.05) is 32.9 Å². The van der Waals surface area contributed by atoms with Crippen molar-refractivity contribution in [1.29, 1.82) is 0 Å². The van der Waals surface area contributed by atoms with Gasteiger partial charge in [0.1, 0.15) is 4.88 Å². The molecule has 3 aromatic rings. The highest BCUT2D eigenvalue weighted by atomic mass is 32.1. The Morgan fingerprint density at radius 3 is 2.31 bits per heavy atom. The van der Waals surface area contributed by atoms with Crippen molar-refractivity contribution in [3.63, 3.8) is 0 Å². The van der Waals surface area contributed by atoms with E-state index in [4.69, 9.17) is 0 Å². The van der Waals surface area contributed by atoms with Crippen LogP contribution >= 0.6 is 11.3 Å². The Morgan fingerprint density at radius 1 is 1.03 bits per heavy atom. The third-order valence-electron chi connectivity index (χ3n) is 4.36. The van der Waals surface area contributed by atoms with Gasteiger partial charge in [-0.2, -0.15) is 13.2 Å². The first-order chi connectivity index (χ1) is 13.5. The number of rotatable bonds is 4. The molecule has 1 amide bonds. The summed E-state index contributed by atoms with van der Waals surface area (Å²) >= 11 is 1.09. The van der Waals surface area contributed by atoms with Gasteiger partial charge in [0.2, 0.25) is 0 Å². The molecular weight excluding hydrogens is 399 g/mol. The molecule has 0 saturated heterocycles. The molecule has 2 N–H and O–H groups in total. The van der Waals surface area contributed by atoms with Gasteiger partial charge in [-0.25, -0.2) is 4.98 Å². The van der Waals surface area contributed by atoms with Crippen LogP contribution in [-0.4, -0.2) is 10.9 Å². The fourth-order valence-corrected chi connectivity index (χ4v) is 3.99. The zero-order valence-corrected chi connectivity index (χ0v) is 17.2. The van der Waals surface area contributed by atoms with E-state index in [1.165, 1.54) is 12.1 Å². The normalized spacial score (nSPS) is 11.4. The fourth-order valence-electron chi connectivity index (χ4n) is 3.10. The lowest BCUT2D eigenvalue weighted by Gasteiger charge is -2.12. The predicted molar refractivity (Wildman–Crippen MR) is 110 cm³/mol. The zero-order chi connectivity index (χ0) is 21.3. The Balaban J connectivity index is 1.81.